The number of halogens is 1. The Bertz CT molecular complexity index is 1700. The quantitative estimate of drug-likeness (QED) is 0.0732. The standard InChI is InChI=1S/C31H30BrN5O8S/c1-4-43-30(39)27-18(2)34-31(46)35-28(27)23-7-5-6-8-24(23)44-17-26(38)36-33-15-20-13-21(32)14-25(42-3)29(20)45-16-19-9-11-22(12-10-19)37(40)41/h5-15,28H,4,16-17H2,1-3H3,(H,36,38)(H2,34,35,46)/t28-/m1/s1. The number of nitrogens with one attached hydrogen (secondary N) is 3. The van der Waals surface area contributed by atoms with Crippen molar-refractivity contribution in [1.29, 1.82) is 0 Å². The third-order valence-corrected chi connectivity index (χ3v) is 7.22. The molecule has 0 saturated carbocycles. The molecule has 0 bridgehead atoms. The molecule has 3 N–H and O–H groups in total. The van der Waals surface area contributed by atoms with Crippen molar-refractivity contribution in [2.75, 3.05) is 20.3 Å². The molecule has 3 aromatic rings. The predicted molar refractivity (Wildman–Crippen MR) is 177 cm³/mol. The minimum Gasteiger partial charge on any atom is -0.493 e. The number of para-hydroxylation sites is 1. The number of allylic oxidation sites excluding steroid dienone is 1. The van der Waals surface area contributed by atoms with Crippen LogP contribution in [0.2, 0.25) is 0 Å². The number of carbonyl (C=O) groups excluding carboxylic acids is 2. The molecule has 46 heavy (non-hydrogen) atoms. The maximum Gasteiger partial charge on any atom is 0.338 e. The Morgan fingerprint density at radius 2 is 1.87 bits per heavy atom. The van der Waals surface area contributed by atoms with E-state index in [0.717, 1.165) is 0 Å². The van der Waals surface area contributed by atoms with E-state index in [2.05, 4.69) is 37.1 Å². The van der Waals surface area contributed by atoms with Gasteiger partial charge in [-0.2, -0.15) is 5.10 Å². The number of benzene rings is 3. The number of nitrogens with zero attached hydrogens (tertiary/aromatic N) is 2. The van der Waals surface area contributed by atoms with E-state index < -0.39 is 22.8 Å². The Morgan fingerprint density at radius 3 is 2.57 bits per heavy atom. The summed E-state index contributed by atoms with van der Waals surface area (Å²) in [6.45, 7) is 3.37. The summed E-state index contributed by atoms with van der Waals surface area (Å²) in [6, 6.07) is 15.7. The summed E-state index contributed by atoms with van der Waals surface area (Å²) in [5.74, 6) is 0.0566. The van der Waals surface area contributed by atoms with E-state index in [1.165, 1.54) is 25.5 Å². The minimum absolute atomic E-state index is 0.0265. The Balaban J connectivity index is 1.45. The highest BCUT2D eigenvalue weighted by Gasteiger charge is 2.32. The number of rotatable bonds is 13. The van der Waals surface area contributed by atoms with E-state index in [-0.39, 0.29) is 25.5 Å². The molecule has 1 atom stereocenters. The molecule has 1 aliphatic rings. The van der Waals surface area contributed by atoms with Gasteiger partial charge in [0.05, 0.1) is 36.5 Å². The number of hydrogen-bond acceptors (Lipinski definition) is 10. The van der Waals surface area contributed by atoms with E-state index in [4.69, 9.17) is 31.2 Å². The predicted octanol–water partition coefficient (Wildman–Crippen LogP) is 4.83. The molecule has 0 spiro atoms. The SMILES string of the molecule is CCOC(=O)C1=C(C)NC(=S)N[C@@H]1c1ccccc1OCC(=O)NN=Cc1cc(Br)cc(OC)c1OCc1ccc([N+](=O)[O-])cc1. The van der Waals surface area contributed by atoms with Gasteiger partial charge in [0.25, 0.3) is 11.6 Å². The number of ether oxygens (including phenoxy) is 4. The molecule has 0 fully saturated rings. The molecule has 1 amide bonds. The number of hydrazone groups is 1. The van der Waals surface area contributed by atoms with Gasteiger partial charge in [-0.15, -0.1) is 0 Å². The Kier molecular flexibility index (Phi) is 11.6. The van der Waals surface area contributed by atoms with E-state index in [1.54, 1.807) is 62.4 Å². The number of methoxy groups -OCH3 is 1. The maximum absolute atomic E-state index is 12.8. The van der Waals surface area contributed by atoms with Crippen LogP contribution in [0.5, 0.6) is 17.2 Å². The third-order valence-electron chi connectivity index (χ3n) is 6.54. The number of non-ortho nitro benzene ring substituents is 1. The molecule has 1 aliphatic heterocycles. The number of thiocarbonyl (C=S) groups is 1. The van der Waals surface area contributed by atoms with Crippen molar-refractivity contribution in [3.8, 4) is 17.2 Å². The zero-order valence-electron chi connectivity index (χ0n) is 25.0. The fourth-order valence-electron chi connectivity index (χ4n) is 4.47. The average Bonchev–Trinajstić information content (AvgIpc) is 3.03. The van der Waals surface area contributed by atoms with Crippen molar-refractivity contribution in [2.45, 2.75) is 26.5 Å². The van der Waals surface area contributed by atoms with E-state index in [9.17, 15) is 19.7 Å². The second-order valence-electron chi connectivity index (χ2n) is 9.65. The largest absolute Gasteiger partial charge is 0.493 e. The Hall–Kier alpha value is -5.02. The lowest BCUT2D eigenvalue weighted by Crippen LogP contribution is -2.45. The van der Waals surface area contributed by atoms with Gasteiger partial charge < -0.3 is 29.6 Å². The molecule has 0 saturated heterocycles. The van der Waals surface area contributed by atoms with Crippen LogP contribution in [0, 0.1) is 10.1 Å². The van der Waals surface area contributed by atoms with Gasteiger partial charge in [-0.1, -0.05) is 34.1 Å². The Labute approximate surface area is 278 Å². The average molecular weight is 713 g/mol. The molecule has 0 aliphatic carbocycles. The van der Waals surface area contributed by atoms with Gasteiger partial charge in [0.15, 0.2) is 23.2 Å². The molecule has 15 heteroatoms. The third kappa shape index (κ3) is 8.57. The fraction of sp³-hybridized carbons (Fsp3) is 0.226. The van der Waals surface area contributed by atoms with Gasteiger partial charge >= 0.3 is 5.97 Å². The zero-order chi connectivity index (χ0) is 33.2. The summed E-state index contributed by atoms with van der Waals surface area (Å²) in [5.41, 5.74) is 5.07. The lowest BCUT2D eigenvalue weighted by Gasteiger charge is -2.30. The molecule has 0 unspecified atom stereocenters. The minimum atomic E-state index is -0.666. The van der Waals surface area contributed by atoms with Crippen molar-refractivity contribution in [3.05, 3.63) is 103 Å². The number of nitro groups is 1. The molecule has 1 heterocycles. The van der Waals surface area contributed by atoms with Crippen molar-refractivity contribution < 1.29 is 33.5 Å². The Morgan fingerprint density at radius 1 is 1.13 bits per heavy atom. The fourth-order valence-corrected chi connectivity index (χ4v) is 5.19. The van der Waals surface area contributed by atoms with E-state index >= 15 is 0 Å². The number of esters is 1. The highest BCUT2D eigenvalue weighted by atomic mass is 79.9. The lowest BCUT2D eigenvalue weighted by molar-refractivity contribution is -0.384. The zero-order valence-corrected chi connectivity index (χ0v) is 27.4. The molecule has 13 nitrogen and oxygen atoms in total. The molecule has 0 aromatic heterocycles. The smallest absolute Gasteiger partial charge is 0.338 e. The van der Waals surface area contributed by atoms with E-state index in [0.29, 0.717) is 54.8 Å². The topological polar surface area (TPSA) is 163 Å². The number of carbonyl (C=O) groups is 2. The van der Waals surface area contributed by atoms with Gasteiger partial charge in [0.1, 0.15) is 12.4 Å². The van der Waals surface area contributed by atoms with Crippen molar-refractivity contribution >= 4 is 57.0 Å². The summed E-state index contributed by atoms with van der Waals surface area (Å²) in [6.07, 6.45) is 1.39. The maximum atomic E-state index is 12.8. The van der Waals surface area contributed by atoms with Gasteiger partial charge in [0.2, 0.25) is 0 Å². The number of hydrogen-bond donors (Lipinski definition) is 3. The lowest BCUT2D eigenvalue weighted by atomic mass is 9.95. The van der Waals surface area contributed by atoms with Crippen LogP contribution in [0.1, 0.15) is 36.6 Å². The first kappa shape index (κ1) is 33.9. The van der Waals surface area contributed by atoms with Crippen molar-refractivity contribution in [3.63, 3.8) is 0 Å². The molecular weight excluding hydrogens is 682 g/mol. The van der Waals surface area contributed by atoms with E-state index in [1.807, 2.05) is 0 Å². The van der Waals surface area contributed by atoms with Crippen LogP contribution in [0.3, 0.4) is 0 Å². The normalized spacial score (nSPS) is 14.3. The molecule has 4 rings (SSSR count). The first-order chi connectivity index (χ1) is 22.1. The van der Waals surface area contributed by atoms with Crippen LogP contribution in [0.25, 0.3) is 0 Å². The first-order valence-corrected chi connectivity index (χ1v) is 15.0. The summed E-state index contributed by atoms with van der Waals surface area (Å²) >= 11 is 8.75. The number of amides is 1. The van der Waals surface area contributed by atoms with Gasteiger partial charge in [-0.05, 0) is 62.0 Å². The van der Waals surface area contributed by atoms with Crippen LogP contribution in [0.4, 0.5) is 5.69 Å². The highest BCUT2D eigenvalue weighted by Crippen LogP contribution is 2.35. The summed E-state index contributed by atoms with van der Waals surface area (Å²) in [4.78, 5) is 36.0. The molecular formula is C31H30BrN5O8S. The number of nitro benzene ring substituents is 1. The molecule has 0 radical (unpaired) electrons. The van der Waals surface area contributed by atoms with Gasteiger partial charge in [0, 0.05) is 33.4 Å². The molecule has 240 valence electrons. The van der Waals surface area contributed by atoms with Crippen molar-refractivity contribution in [2.24, 2.45) is 5.10 Å². The molecule has 3 aromatic carbocycles. The second-order valence-corrected chi connectivity index (χ2v) is 11.0. The van der Waals surface area contributed by atoms with Crippen LogP contribution in [-0.4, -0.2) is 48.5 Å². The van der Waals surface area contributed by atoms with Gasteiger partial charge in [-0.3, -0.25) is 14.9 Å². The van der Waals surface area contributed by atoms with Crippen LogP contribution in [0.15, 0.2) is 81.5 Å². The monoisotopic (exact) mass is 711 g/mol. The van der Waals surface area contributed by atoms with Crippen LogP contribution >= 0.6 is 28.1 Å². The summed E-state index contributed by atoms with van der Waals surface area (Å²) in [7, 11) is 1.48. The summed E-state index contributed by atoms with van der Waals surface area (Å²) in [5, 5.41) is 21.4. The first-order valence-electron chi connectivity index (χ1n) is 13.8. The van der Waals surface area contributed by atoms with Crippen LogP contribution < -0.4 is 30.3 Å². The second kappa shape index (κ2) is 15.8. The van der Waals surface area contributed by atoms with Gasteiger partial charge in [-0.25, -0.2) is 10.2 Å². The highest BCUT2D eigenvalue weighted by molar-refractivity contribution is 9.10. The summed E-state index contributed by atoms with van der Waals surface area (Å²) < 4.78 is 23.2. The van der Waals surface area contributed by atoms with Crippen molar-refractivity contribution in [1.82, 2.24) is 16.1 Å². The van der Waals surface area contributed by atoms with Crippen LogP contribution in [-0.2, 0) is 20.9 Å².